The smallest absolute Gasteiger partial charge is 0.0233 e. The van der Waals surface area contributed by atoms with Crippen LogP contribution in [0.2, 0.25) is 0 Å². The molecule has 1 saturated carbocycles. The van der Waals surface area contributed by atoms with Crippen LogP contribution in [0.3, 0.4) is 0 Å². The minimum absolute atomic E-state index is 0.824. The van der Waals surface area contributed by atoms with Gasteiger partial charge in [-0.25, -0.2) is 0 Å². The van der Waals surface area contributed by atoms with E-state index in [0.717, 1.165) is 18.5 Å². The lowest BCUT2D eigenvalue weighted by Crippen LogP contribution is -2.40. The molecule has 0 amide bonds. The number of nitrogens with zero attached hydrogens (tertiary/aromatic N) is 1. The number of hydrogen-bond acceptors (Lipinski definition) is 1. The average Bonchev–Trinajstić information content (AvgIpc) is 2.14. The normalized spacial score (nSPS) is 26.2. The summed E-state index contributed by atoms with van der Waals surface area (Å²) >= 11 is 0. The van der Waals surface area contributed by atoms with Gasteiger partial charge in [0, 0.05) is 12.6 Å². The molecule has 0 N–H and O–H groups in total. The Balaban J connectivity index is 1.86. The van der Waals surface area contributed by atoms with Crippen LogP contribution in [0, 0.1) is 5.92 Å². The molecule has 0 radical (unpaired) electrons. The third-order valence-corrected chi connectivity index (χ3v) is 3.25. The summed E-state index contributed by atoms with van der Waals surface area (Å²) in [6, 6.07) is 11.6. The van der Waals surface area contributed by atoms with Gasteiger partial charge in [-0.1, -0.05) is 37.3 Å². The molecule has 0 aliphatic heterocycles. The van der Waals surface area contributed by atoms with Gasteiger partial charge >= 0.3 is 0 Å². The largest absolute Gasteiger partial charge is 0.299 e. The minimum atomic E-state index is 0.824. The van der Waals surface area contributed by atoms with Gasteiger partial charge in [0.25, 0.3) is 0 Å². The molecule has 0 saturated heterocycles. The van der Waals surface area contributed by atoms with Crippen molar-refractivity contribution in [2.75, 3.05) is 7.05 Å². The molecule has 0 atom stereocenters. The Hall–Kier alpha value is -0.820. The van der Waals surface area contributed by atoms with Crippen molar-refractivity contribution in [2.45, 2.75) is 32.4 Å². The van der Waals surface area contributed by atoms with Gasteiger partial charge in [0.15, 0.2) is 0 Å². The fourth-order valence-corrected chi connectivity index (χ4v) is 2.22. The van der Waals surface area contributed by atoms with E-state index in [-0.39, 0.29) is 0 Å². The van der Waals surface area contributed by atoms with Gasteiger partial charge in [-0.3, -0.25) is 4.90 Å². The molecule has 1 nitrogen and oxygen atoms in total. The first-order valence-corrected chi connectivity index (χ1v) is 5.50. The second-order valence-electron chi connectivity index (χ2n) is 4.63. The highest BCUT2D eigenvalue weighted by molar-refractivity contribution is 5.14. The summed E-state index contributed by atoms with van der Waals surface area (Å²) in [5.41, 5.74) is 1.43. The van der Waals surface area contributed by atoms with Crippen LogP contribution in [-0.2, 0) is 6.54 Å². The number of rotatable bonds is 3. The number of benzene rings is 1. The fraction of sp³-hybridized carbons (Fsp3) is 0.538. The molecule has 14 heavy (non-hydrogen) atoms. The van der Waals surface area contributed by atoms with Crippen molar-refractivity contribution in [2.24, 2.45) is 5.92 Å². The van der Waals surface area contributed by atoms with Gasteiger partial charge in [-0.2, -0.15) is 0 Å². The zero-order chi connectivity index (χ0) is 9.97. The van der Waals surface area contributed by atoms with Gasteiger partial charge in [-0.15, -0.1) is 0 Å². The van der Waals surface area contributed by atoms with Crippen LogP contribution in [0.15, 0.2) is 30.3 Å². The summed E-state index contributed by atoms with van der Waals surface area (Å²) in [4.78, 5) is 2.48. The van der Waals surface area contributed by atoms with E-state index in [4.69, 9.17) is 0 Å². The molecular formula is C13H19N. The van der Waals surface area contributed by atoms with E-state index in [2.05, 4.69) is 49.2 Å². The second kappa shape index (κ2) is 4.14. The molecule has 76 valence electrons. The van der Waals surface area contributed by atoms with E-state index >= 15 is 0 Å². The van der Waals surface area contributed by atoms with Crippen LogP contribution >= 0.6 is 0 Å². The van der Waals surface area contributed by atoms with Crippen LogP contribution in [0.25, 0.3) is 0 Å². The van der Waals surface area contributed by atoms with Crippen molar-refractivity contribution >= 4 is 0 Å². The molecule has 0 spiro atoms. The van der Waals surface area contributed by atoms with Crippen molar-refractivity contribution in [3.63, 3.8) is 0 Å². The van der Waals surface area contributed by atoms with E-state index in [1.54, 1.807) is 0 Å². The van der Waals surface area contributed by atoms with Crippen LogP contribution in [0.1, 0.15) is 25.3 Å². The lowest BCUT2D eigenvalue weighted by Gasteiger charge is -2.39. The molecule has 1 aliphatic carbocycles. The summed E-state index contributed by atoms with van der Waals surface area (Å²) in [5, 5.41) is 0. The Morgan fingerprint density at radius 2 is 1.86 bits per heavy atom. The molecule has 2 rings (SSSR count). The molecule has 0 unspecified atom stereocenters. The van der Waals surface area contributed by atoms with Crippen molar-refractivity contribution in [1.82, 2.24) is 4.90 Å². The van der Waals surface area contributed by atoms with Gasteiger partial charge in [0.05, 0.1) is 0 Å². The Morgan fingerprint density at radius 3 is 2.43 bits per heavy atom. The maximum absolute atomic E-state index is 2.48. The molecule has 1 fully saturated rings. The van der Waals surface area contributed by atoms with E-state index in [0.29, 0.717) is 0 Å². The first-order valence-electron chi connectivity index (χ1n) is 5.50. The molecule has 1 heteroatoms. The summed E-state index contributed by atoms with van der Waals surface area (Å²) in [7, 11) is 2.24. The zero-order valence-electron chi connectivity index (χ0n) is 9.11. The molecule has 0 bridgehead atoms. The highest BCUT2D eigenvalue weighted by Crippen LogP contribution is 2.30. The quantitative estimate of drug-likeness (QED) is 0.706. The van der Waals surface area contributed by atoms with Crippen molar-refractivity contribution in [1.29, 1.82) is 0 Å². The van der Waals surface area contributed by atoms with Crippen LogP contribution in [0.5, 0.6) is 0 Å². The molecule has 0 heterocycles. The van der Waals surface area contributed by atoms with Crippen LogP contribution in [-0.4, -0.2) is 18.0 Å². The summed E-state index contributed by atoms with van der Waals surface area (Å²) in [6.45, 7) is 3.44. The van der Waals surface area contributed by atoms with Gasteiger partial charge < -0.3 is 0 Å². The average molecular weight is 189 g/mol. The summed E-state index contributed by atoms with van der Waals surface area (Å²) < 4.78 is 0. The highest BCUT2D eigenvalue weighted by atomic mass is 15.1. The second-order valence-corrected chi connectivity index (χ2v) is 4.63. The molecular weight excluding hydrogens is 170 g/mol. The van der Waals surface area contributed by atoms with Crippen LogP contribution < -0.4 is 0 Å². The third kappa shape index (κ3) is 2.16. The topological polar surface area (TPSA) is 3.24 Å². The maximum atomic E-state index is 2.48. The standard InChI is InChI=1S/C13H19N/c1-11-8-13(9-11)14(2)10-12-6-4-3-5-7-12/h3-7,11,13H,8-10H2,1-2H3/t11-,13+. The monoisotopic (exact) mass is 189 g/mol. The Morgan fingerprint density at radius 1 is 1.21 bits per heavy atom. The first kappa shape index (κ1) is 9.72. The zero-order valence-corrected chi connectivity index (χ0v) is 9.11. The summed E-state index contributed by atoms with van der Waals surface area (Å²) in [5.74, 6) is 0.943. The maximum Gasteiger partial charge on any atom is 0.0233 e. The van der Waals surface area contributed by atoms with Crippen LogP contribution in [0.4, 0.5) is 0 Å². The first-order chi connectivity index (χ1) is 6.75. The lowest BCUT2D eigenvalue weighted by molar-refractivity contribution is 0.105. The minimum Gasteiger partial charge on any atom is -0.299 e. The molecule has 1 aromatic rings. The van der Waals surface area contributed by atoms with E-state index in [1.807, 2.05) is 0 Å². The van der Waals surface area contributed by atoms with Crippen molar-refractivity contribution in [3.8, 4) is 0 Å². The predicted molar refractivity (Wildman–Crippen MR) is 60.1 cm³/mol. The lowest BCUT2D eigenvalue weighted by atomic mass is 9.81. The Labute approximate surface area is 86.7 Å². The van der Waals surface area contributed by atoms with Gasteiger partial charge in [0.1, 0.15) is 0 Å². The SMILES string of the molecule is CN(Cc1ccccc1)[C@H]1C[C@@H](C)C1. The molecule has 0 aromatic heterocycles. The fourth-order valence-electron chi connectivity index (χ4n) is 2.22. The number of hydrogen-bond donors (Lipinski definition) is 0. The third-order valence-electron chi connectivity index (χ3n) is 3.25. The van der Waals surface area contributed by atoms with Crippen molar-refractivity contribution < 1.29 is 0 Å². The van der Waals surface area contributed by atoms with E-state index < -0.39 is 0 Å². The predicted octanol–water partition coefficient (Wildman–Crippen LogP) is 2.92. The Kier molecular flexibility index (Phi) is 2.87. The van der Waals surface area contributed by atoms with Gasteiger partial charge in [0.2, 0.25) is 0 Å². The molecule has 1 aliphatic rings. The Bertz CT molecular complexity index is 275. The highest BCUT2D eigenvalue weighted by Gasteiger charge is 2.28. The van der Waals surface area contributed by atoms with E-state index in [1.165, 1.54) is 18.4 Å². The van der Waals surface area contributed by atoms with Gasteiger partial charge in [-0.05, 0) is 31.4 Å². The van der Waals surface area contributed by atoms with Crippen molar-refractivity contribution in [3.05, 3.63) is 35.9 Å². The molecule has 1 aromatic carbocycles. The van der Waals surface area contributed by atoms with E-state index in [9.17, 15) is 0 Å². The summed E-state index contributed by atoms with van der Waals surface area (Å²) in [6.07, 6.45) is 2.76.